The van der Waals surface area contributed by atoms with E-state index in [0.717, 1.165) is 19.5 Å². The topological polar surface area (TPSA) is 63.2 Å². The first-order valence-corrected chi connectivity index (χ1v) is 5.35. The van der Waals surface area contributed by atoms with E-state index in [1.807, 2.05) is 0 Å². The number of aromatic nitrogens is 1. The lowest BCUT2D eigenvalue weighted by molar-refractivity contribution is 0.0957. The smallest absolute Gasteiger partial charge is 0.269 e. The highest BCUT2D eigenvalue weighted by Gasteiger charge is 2.16. The summed E-state index contributed by atoms with van der Waals surface area (Å²) in [4.78, 5) is 15.3. The number of carbonyl (C=O) groups is 1. The average molecular weight is 221 g/mol. The minimum Gasteiger partial charge on any atom is -0.489 e. The van der Waals surface area contributed by atoms with Crippen molar-refractivity contribution in [1.29, 1.82) is 0 Å². The maximum Gasteiger partial charge on any atom is 0.269 e. The van der Waals surface area contributed by atoms with Crippen LogP contribution in [0.4, 0.5) is 0 Å². The fourth-order valence-electron chi connectivity index (χ4n) is 1.66. The van der Waals surface area contributed by atoms with Crippen molar-refractivity contribution in [2.24, 2.45) is 0 Å². The molecule has 16 heavy (non-hydrogen) atoms. The van der Waals surface area contributed by atoms with E-state index in [9.17, 15) is 4.79 Å². The van der Waals surface area contributed by atoms with Gasteiger partial charge in [-0.1, -0.05) is 0 Å². The van der Waals surface area contributed by atoms with Gasteiger partial charge in [-0.2, -0.15) is 0 Å². The van der Waals surface area contributed by atoms with Crippen molar-refractivity contribution in [3.63, 3.8) is 0 Å². The second-order valence-corrected chi connectivity index (χ2v) is 3.69. The average Bonchev–Trinajstić information content (AvgIpc) is 2.81. The molecule has 1 aromatic rings. The number of rotatable bonds is 3. The van der Waals surface area contributed by atoms with E-state index in [0.29, 0.717) is 11.4 Å². The van der Waals surface area contributed by atoms with Crippen LogP contribution in [0, 0.1) is 0 Å². The van der Waals surface area contributed by atoms with Gasteiger partial charge in [0.2, 0.25) is 0 Å². The molecule has 2 N–H and O–H groups in total. The van der Waals surface area contributed by atoms with Crippen LogP contribution in [0.1, 0.15) is 16.9 Å². The van der Waals surface area contributed by atoms with E-state index < -0.39 is 0 Å². The molecule has 1 amide bonds. The molecule has 1 fully saturated rings. The summed E-state index contributed by atoms with van der Waals surface area (Å²) in [5, 5.41) is 5.75. The van der Waals surface area contributed by atoms with Crippen molar-refractivity contribution < 1.29 is 9.53 Å². The summed E-state index contributed by atoms with van der Waals surface area (Å²) in [5.74, 6) is 0.497. The van der Waals surface area contributed by atoms with Crippen LogP contribution in [0.15, 0.2) is 18.3 Å². The Morgan fingerprint density at radius 1 is 1.69 bits per heavy atom. The number of nitrogens with zero attached hydrogens (tertiary/aromatic N) is 1. The lowest BCUT2D eigenvalue weighted by Crippen LogP contribution is -2.21. The summed E-state index contributed by atoms with van der Waals surface area (Å²) < 4.78 is 5.73. The fourth-order valence-corrected chi connectivity index (χ4v) is 1.66. The van der Waals surface area contributed by atoms with Crippen LogP contribution in [-0.4, -0.2) is 37.1 Å². The van der Waals surface area contributed by atoms with Gasteiger partial charge in [0, 0.05) is 25.9 Å². The number of nitrogens with one attached hydrogen (secondary N) is 2. The fraction of sp³-hybridized carbons (Fsp3) is 0.455. The van der Waals surface area contributed by atoms with Gasteiger partial charge >= 0.3 is 0 Å². The Labute approximate surface area is 94.2 Å². The van der Waals surface area contributed by atoms with Crippen LogP contribution in [0.25, 0.3) is 0 Å². The summed E-state index contributed by atoms with van der Waals surface area (Å²) in [5.41, 5.74) is 0.381. The Bertz CT molecular complexity index is 375. The lowest BCUT2D eigenvalue weighted by atomic mass is 10.3. The predicted molar refractivity (Wildman–Crippen MR) is 59.5 cm³/mol. The maximum atomic E-state index is 11.4. The molecule has 0 saturated carbocycles. The molecule has 2 rings (SSSR count). The van der Waals surface area contributed by atoms with Crippen LogP contribution in [0.5, 0.6) is 5.75 Å². The first kappa shape index (κ1) is 10.9. The van der Waals surface area contributed by atoms with Gasteiger partial charge in [0.15, 0.2) is 0 Å². The Hall–Kier alpha value is -1.62. The van der Waals surface area contributed by atoms with Crippen molar-refractivity contribution in [3.05, 3.63) is 24.0 Å². The highest BCUT2D eigenvalue weighted by Crippen LogP contribution is 2.15. The minimum atomic E-state index is -0.199. The van der Waals surface area contributed by atoms with E-state index >= 15 is 0 Å². The van der Waals surface area contributed by atoms with E-state index in [4.69, 9.17) is 4.74 Å². The van der Waals surface area contributed by atoms with Crippen LogP contribution >= 0.6 is 0 Å². The Morgan fingerprint density at radius 2 is 2.56 bits per heavy atom. The molecule has 0 radical (unpaired) electrons. The van der Waals surface area contributed by atoms with Crippen molar-refractivity contribution in [2.75, 3.05) is 20.1 Å². The monoisotopic (exact) mass is 221 g/mol. The van der Waals surface area contributed by atoms with Crippen molar-refractivity contribution in [2.45, 2.75) is 12.5 Å². The zero-order chi connectivity index (χ0) is 11.4. The molecule has 2 heterocycles. The molecule has 0 aromatic carbocycles. The molecule has 0 aliphatic carbocycles. The lowest BCUT2D eigenvalue weighted by Gasteiger charge is -2.12. The summed E-state index contributed by atoms with van der Waals surface area (Å²) >= 11 is 0. The van der Waals surface area contributed by atoms with Crippen LogP contribution in [0.3, 0.4) is 0 Å². The molecule has 1 saturated heterocycles. The first-order valence-electron chi connectivity index (χ1n) is 5.35. The third kappa shape index (κ3) is 2.49. The van der Waals surface area contributed by atoms with Crippen LogP contribution in [0.2, 0.25) is 0 Å². The van der Waals surface area contributed by atoms with Gasteiger partial charge in [-0.05, 0) is 19.0 Å². The zero-order valence-corrected chi connectivity index (χ0v) is 9.19. The molecule has 0 spiro atoms. The SMILES string of the molecule is CNC(=O)c1cc(O[C@@H]2CCNC2)ccn1. The van der Waals surface area contributed by atoms with Gasteiger partial charge in [0.05, 0.1) is 0 Å². The number of hydrogen-bond donors (Lipinski definition) is 2. The molecule has 0 bridgehead atoms. The minimum absolute atomic E-state index is 0.194. The Balaban J connectivity index is 2.06. The van der Waals surface area contributed by atoms with Crippen molar-refractivity contribution >= 4 is 5.91 Å². The second-order valence-electron chi connectivity index (χ2n) is 3.69. The predicted octanol–water partition coefficient (Wildman–Crippen LogP) is 0.182. The van der Waals surface area contributed by atoms with Crippen LogP contribution < -0.4 is 15.4 Å². The molecule has 1 aromatic heterocycles. The van der Waals surface area contributed by atoms with Gasteiger partial charge in [0.1, 0.15) is 17.5 Å². The molecule has 1 aliphatic rings. The quantitative estimate of drug-likeness (QED) is 0.764. The highest BCUT2D eigenvalue weighted by molar-refractivity contribution is 5.92. The van der Waals surface area contributed by atoms with Gasteiger partial charge in [-0.3, -0.25) is 9.78 Å². The summed E-state index contributed by atoms with van der Waals surface area (Å²) in [7, 11) is 1.58. The number of ether oxygens (including phenoxy) is 1. The summed E-state index contributed by atoms with van der Waals surface area (Å²) in [6, 6.07) is 3.43. The van der Waals surface area contributed by atoms with Gasteiger partial charge in [-0.25, -0.2) is 0 Å². The van der Waals surface area contributed by atoms with E-state index in [1.165, 1.54) is 0 Å². The molecule has 1 atom stereocenters. The third-order valence-corrected chi connectivity index (χ3v) is 2.51. The third-order valence-electron chi connectivity index (χ3n) is 2.51. The van der Waals surface area contributed by atoms with Gasteiger partial charge in [0.25, 0.3) is 5.91 Å². The zero-order valence-electron chi connectivity index (χ0n) is 9.19. The van der Waals surface area contributed by atoms with Crippen molar-refractivity contribution in [1.82, 2.24) is 15.6 Å². The van der Waals surface area contributed by atoms with E-state index in [-0.39, 0.29) is 12.0 Å². The molecule has 1 aliphatic heterocycles. The van der Waals surface area contributed by atoms with Gasteiger partial charge in [-0.15, -0.1) is 0 Å². The second kappa shape index (κ2) is 4.94. The highest BCUT2D eigenvalue weighted by atomic mass is 16.5. The number of carbonyl (C=O) groups excluding carboxylic acids is 1. The molecule has 5 nitrogen and oxygen atoms in total. The maximum absolute atomic E-state index is 11.4. The normalized spacial score (nSPS) is 19.4. The van der Waals surface area contributed by atoms with E-state index in [1.54, 1.807) is 25.4 Å². The largest absolute Gasteiger partial charge is 0.489 e. The van der Waals surface area contributed by atoms with Crippen LogP contribution in [-0.2, 0) is 0 Å². The molecular formula is C11H15N3O2. The first-order chi connectivity index (χ1) is 7.79. The summed E-state index contributed by atoms with van der Waals surface area (Å²) in [6.45, 7) is 1.84. The van der Waals surface area contributed by atoms with Gasteiger partial charge < -0.3 is 15.4 Å². The molecular weight excluding hydrogens is 206 g/mol. The standard InChI is InChI=1S/C11H15N3O2/c1-12-11(15)10-6-8(3-5-14-10)16-9-2-4-13-7-9/h3,5-6,9,13H,2,4,7H2,1H3,(H,12,15)/t9-/m1/s1. The number of pyridine rings is 1. The molecule has 5 heteroatoms. The number of amides is 1. The Morgan fingerprint density at radius 3 is 3.25 bits per heavy atom. The van der Waals surface area contributed by atoms with Crippen molar-refractivity contribution in [3.8, 4) is 5.75 Å². The molecule has 0 unspecified atom stereocenters. The number of hydrogen-bond acceptors (Lipinski definition) is 4. The summed E-state index contributed by atoms with van der Waals surface area (Å²) in [6.07, 6.45) is 2.78. The Kier molecular flexibility index (Phi) is 3.36. The molecule has 86 valence electrons. The van der Waals surface area contributed by atoms with E-state index in [2.05, 4.69) is 15.6 Å².